The minimum atomic E-state index is 0.145. The first-order chi connectivity index (χ1) is 11.7. The molecule has 0 spiro atoms. The summed E-state index contributed by atoms with van der Waals surface area (Å²) in [6, 6.07) is 12.7. The van der Waals surface area contributed by atoms with Gasteiger partial charge in [-0.05, 0) is 24.1 Å². The molecule has 1 aromatic carbocycles. The summed E-state index contributed by atoms with van der Waals surface area (Å²) in [6.07, 6.45) is 4.65. The van der Waals surface area contributed by atoms with Gasteiger partial charge in [0.15, 0.2) is 0 Å². The van der Waals surface area contributed by atoms with E-state index >= 15 is 0 Å². The van der Waals surface area contributed by atoms with Crippen molar-refractivity contribution in [2.24, 2.45) is 5.92 Å². The number of likely N-dealkylation sites (tertiary alicyclic amines) is 1. The maximum atomic E-state index is 12.3. The van der Waals surface area contributed by atoms with Gasteiger partial charge in [-0.3, -0.25) is 4.79 Å². The Kier molecular flexibility index (Phi) is 5.70. The summed E-state index contributed by atoms with van der Waals surface area (Å²) >= 11 is 0. The Labute approximate surface area is 143 Å². The molecule has 0 radical (unpaired) electrons. The molecule has 2 N–H and O–H groups in total. The van der Waals surface area contributed by atoms with E-state index in [1.165, 1.54) is 11.1 Å². The van der Waals surface area contributed by atoms with Crippen molar-refractivity contribution in [1.82, 2.24) is 5.32 Å². The lowest BCUT2D eigenvalue weighted by Crippen LogP contribution is -3.11. The van der Waals surface area contributed by atoms with Gasteiger partial charge in [-0.25, -0.2) is 0 Å². The molecule has 1 aliphatic heterocycles. The molecule has 0 saturated carbocycles. The van der Waals surface area contributed by atoms with Crippen molar-refractivity contribution in [2.45, 2.75) is 39.3 Å². The Morgan fingerprint density at radius 1 is 1.17 bits per heavy atom. The zero-order chi connectivity index (χ0) is 16.8. The molecule has 1 aromatic heterocycles. The molecular formula is C20H27N2O2+. The van der Waals surface area contributed by atoms with Crippen molar-refractivity contribution in [2.75, 3.05) is 13.1 Å². The number of benzene rings is 1. The first-order valence-electron chi connectivity index (χ1n) is 8.96. The Hall–Kier alpha value is -2.07. The summed E-state index contributed by atoms with van der Waals surface area (Å²) in [5.74, 6) is 1.12. The zero-order valence-electron chi connectivity index (χ0n) is 14.4. The van der Waals surface area contributed by atoms with E-state index in [2.05, 4.69) is 36.5 Å². The van der Waals surface area contributed by atoms with E-state index in [0.29, 0.717) is 6.54 Å². The molecule has 0 aliphatic carbocycles. The second-order valence-electron chi connectivity index (χ2n) is 6.67. The second kappa shape index (κ2) is 8.15. The fourth-order valence-corrected chi connectivity index (χ4v) is 3.38. The van der Waals surface area contributed by atoms with Crippen LogP contribution in [-0.4, -0.2) is 19.0 Å². The maximum Gasteiger partial charge on any atom is 0.223 e. The quantitative estimate of drug-likeness (QED) is 0.852. The topological polar surface area (TPSA) is 46.7 Å². The van der Waals surface area contributed by atoms with Crippen LogP contribution in [0.5, 0.6) is 0 Å². The molecule has 4 nitrogen and oxygen atoms in total. The standard InChI is InChI=1S/C20H26N2O2/c1-2-16-5-7-17(8-6-16)15-22-11-9-18(10-12-22)20(23)21-14-19-4-3-13-24-19/h3-8,13,18H,2,9-12,14-15H2,1H3,(H,21,23)/p+1. The zero-order valence-corrected chi connectivity index (χ0v) is 14.4. The van der Waals surface area contributed by atoms with Crippen LogP contribution in [0.3, 0.4) is 0 Å². The normalized spacial score (nSPS) is 20.7. The summed E-state index contributed by atoms with van der Waals surface area (Å²) in [6.45, 7) is 5.86. The number of aryl methyl sites for hydroxylation is 1. The van der Waals surface area contributed by atoms with Crippen molar-refractivity contribution in [3.8, 4) is 0 Å². The summed E-state index contributed by atoms with van der Waals surface area (Å²) in [4.78, 5) is 13.8. The van der Waals surface area contributed by atoms with Crippen LogP contribution in [-0.2, 0) is 24.3 Å². The lowest BCUT2D eigenvalue weighted by Gasteiger charge is -2.28. The monoisotopic (exact) mass is 327 g/mol. The van der Waals surface area contributed by atoms with E-state index in [0.717, 1.165) is 44.7 Å². The Bertz CT molecular complexity index is 626. The molecule has 1 saturated heterocycles. The Balaban J connectivity index is 1.42. The number of hydrogen-bond acceptors (Lipinski definition) is 2. The molecule has 0 atom stereocenters. The Morgan fingerprint density at radius 3 is 2.50 bits per heavy atom. The molecule has 1 aliphatic rings. The van der Waals surface area contributed by atoms with Crippen LogP contribution in [0.2, 0.25) is 0 Å². The molecule has 4 heteroatoms. The van der Waals surface area contributed by atoms with Crippen LogP contribution in [0.1, 0.15) is 36.7 Å². The molecule has 24 heavy (non-hydrogen) atoms. The van der Waals surface area contributed by atoms with Gasteiger partial charge < -0.3 is 14.6 Å². The number of carbonyl (C=O) groups excluding carboxylic acids is 1. The molecule has 2 aromatic rings. The van der Waals surface area contributed by atoms with E-state index in [4.69, 9.17) is 4.42 Å². The third-order valence-corrected chi connectivity index (χ3v) is 4.97. The lowest BCUT2D eigenvalue weighted by molar-refractivity contribution is -0.919. The van der Waals surface area contributed by atoms with Gasteiger partial charge in [-0.1, -0.05) is 31.2 Å². The summed E-state index contributed by atoms with van der Waals surface area (Å²) in [5, 5.41) is 2.99. The summed E-state index contributed by atoms with van der Waals surface area (Å²) in [5.41, 5.74) is 2.78. The maximum absolute atomic E-state index is 12.3. The van der Waals surface area contributed by atoms with Crippen LogP contribution in [0.25, 0.3) is 0 Å². The average Bonchev–Trinajstić information content (AvgIpc) is 3.14. The van der Waals surface area contributed by atoms with Crippen molar-refractivity contribution >= 4 is 5.91 Å². The SMILES string of the molecule is CCc1ccc(C[NH+]2CCC(C(=O)NCc3ccco3)CC2)cc1. The highest BCUT2D eigenvalue weighted by atomic mass is 16.3. The molecule has 0 bridgehead atoms. The molecule has 0 unspecified atom stereocenters. The minimum Gasteiger partial charge on any atom is -0.467 e. The first kappa shape index (κ1) is 16.8. The molecule has 128 valence electrons. The number of rotatable bonds is 6. The van der Waals surface area contributed by atoms with Crippen molar-refractivity contribution < 1.29 is 14.1 Å². The number of quaternary nitrogens is 1. The summed E-state index contributed by atoms with van der Waals surface area (Å²) in [7, 11) is 0. The van der Waals surface area contributed by atoms with Gasteiger partial charge in [0, 0.05) is 24.3 Å². The largest absolute Gasteiger partial charge is 0.467 e. The van der Waals surface area contributed by atoms with Crippen LogP contribution < -0.4 is 10.2 Å². The third-order valence-electron chi connectivity index (χ3n) is 4.97. The third kappa shape index (κ3) is 4.48. The highest BCUT2D eigenvalue weighted by Gasteiger charge is 2.27. The minimum absolute atomic E-state index is 0.145. The van der Waals surface area contributed by atoms with Crippen molar-refractivity contribution in [1.29, 1.82) is 0 Å². The highest BCUT2D eigenvalue weighted by molar-refractivity contribution is 5.78. The fraction of sp³-hybridized carbons (Fsp3) is 0.450. The number of nitrogens with one attached hydrogen (secondary N) is 2. The van der Waals surface area contributed by atoms with Gasteiger partial charge >= 0.3 is 0 Å². The molecule has 3 rings (SSSR count). The van der Waals surface area contributed by atoms with E-state index in [9.17, 15) is 4.79 Å². The van der Waals surface area contributed by atoms with Crippen molar-refractivity contribution in [3.05, 3.63) is 59.5 Å². The van der Waals surface area contributed by atoms with E-state index < -0.39 is 0 Å². The van der Waals surface area contributed by atoms with Gasteiger partial charge in [-0.15, -0.1) is 0 Å². The average molecular weight is 327 g/mol. The van der Waals surface area contributed by atoms with E-state index in [1.54, 1.807) is 11.2 Å². The molecule has 2 heterocycles. The molecule has 1 amide bonds. The Morgan fingerprint density at radius 2 is 1.88 bits per heavy atom. The number of furan rings is 1. The predicted octanol–water partition coefficient (Wildman–Crippen LogP) is 1.95. The smallest absolute Gasteiger partial charge is 0.223 e. The van der Waals surface area contributed by atoms with Gasteiger partial charge in [-0.2, -0.15) is 0 Å². The molecular weight excluding hydrogens is 300 g/mol. The van der Waals surface area contributed by atoms with Gasteiger partial charge in [0.1, 0.15) is 12.3 Å². The van der Waals surface area contributed by atoms with Crippen LogP contribution in [0, 0.1) is 5.92 Å². The van der Waals surface area contributed by atoms with Gasteiger partial charge in [0.05, 0.1) is 25.9 Å². The summed E-state index contributed by atoms with van der Waals surface area (Å²) < 4.78 is 5.25. The lowest BCUT2D eigenvalue weighted by atomic mass is 9.95. The number of piperidine rings is 1. The van der Waals surface area contributed by atoms with Crippen LogP contribution in [0.15, 0.2) is 47.1 Å². The predicted molar refractivity (Wildman–Crippen MR) is 93.5 cm³/mol. The molecule has 1 fully saturated rings. The van der Waals surface area contributed by atoms with E-state index in [-0.39, 0.29) is 11.8 Å². The number of amides is 1. The fourth-order valence-electron chi connectivity index (χ4n) is 3.38. The first-order valence-corrected chi connectivity index (χ1v) is 8.96. The number of carbonyl (C=O) groups is 1. The van der Waals surface area contributed by atoms with Gasteiger partial charge in [0.25, 0.3) is 0 Å². The van der Waals surface area contributed by atoms with Crippen LogP contribution in [0.4, 0.5) is 0 Å². The highest BCUT2D eigenvalue weighted by Crippen LogP contribution is 2.11. The van der Waals surface area contributed by atoms with Crippen molar-refractivity contribution in [3.63, 3.8) is 0 Å². The van der Waals surface area contributed by atoms with Crippen LogP contribution >= 0.6 is 0 Å². The number of hydrogen-bond donors (Lipinski definition) is 2. The second-order valence-corrected chi connectivity index (χ2v) is 6.67. The van der Waals surface area contributed by atoms with Gasteiger partial charge in [0.2, 0.25) is 5.91 Å². The van der Waals surface area contributed by atoms with E-state index in [1.807, 2.05) is 12.1 Å².